The van der Waals surface area contributed by atoms with E-state index in [1.54, 1.807) is 84.7 Å². The molecule has 1 aliphatic heterocycles. The molecule has 0 saturated carbocycles. The van der Waals surface area contributed by atoms with Crippen molar-refractivity contribution in [2.75, 3.05) is 13.7 Å². The molecular formula is C29H25FNO6+. The first-order chi connectivity index (χ1) is 18.0. The number of esters is 2. The second-order valence-corrected chi connectivity index (χ2v) is 8.60. The Morgan fingerprint density at radius 2 is 1.57 bits per heavy atom. The Balaban J connectivity index is 1.39. The van der Waals surface area contributed by atoms with E-state index < -0.39 is 36.5 Å². The summed E-state index contributed by atoms with van der Waals surface area (Å²) in [5.74, 6) is -0.560. The summed E-state index contributed by atoms with van der Waals surface area (Å²) in [6.45, 7) is -0.289. The number of alkyl halides is 1. The lowest BCUT2D eigenvalue weighted by Gasteiger charge is -2.19. The summed E-state index contributed by atoms with van der Waals surface area (Å²) in [6.07, 6.45) is -1.68. The molecule has 1 aromatic heterocycles. The van der Waals surface area contributed by atoms with Gasteiger partial charge in [-0.3, -0.25) is 0 Å². The number of rotatable bonds is 7. The minimum atomic E-state index is -1.71. The Hall–Kier alpha value is -4.30. The molecule has 0 unspecified atom stereocenters. The molecule has 1 saturated heterocycles. The summed E-state index contributed by atoms with van der Waals surface area (Å²) >= 11 is 0. The number of aromatic nitrogens is 1. The van der Waals surface area contributed by atoms with Gasteiger partial charge < -0.3 is 18.9 Å². The number of ether oxygens (including phenoxy) is 4. The minimum absolute atomic E-state index is 0.283. The van der Waals surface area contributed by atoms with Crippen LogP contribution in [0.4, 0.5) is 4.39 Å². The predicted molar refractivity (Wildman–Crippen MR) is 132 cm³/mol. The van der Waals surface area contributed by atoms with E-state index in [4.69, 9.17) is 18.9 Å². The van der Waals surface area contributed by atoms with Crippen LogP contribution in [0.3, 0.4) is 0 Å². The van der Waals surface area contributed by atoms with E-state index in [-0.39, 0.29) is 12.2 Å². The molecule has 4 aromatic rings. The fourth-order valence-corrected chi connectivity index (χ4v) is 4.26. The Bertz CT molecular complexity index is 1400. The van der Waals surface area contributed by atoms with Gasteiger partial charge in [0.15, 0.2) is 18.5 Å². The predicted octanol–water partition coefficient (Wildman–Crippen LogP) is 4.45. The lowest BCUT2D eigenvalue weighted by molar-refractivity contribution is -0.763. The van der Waals surface area contributed by atoms with E-state index in [2.05, 4.69) is 0 Å². The maximum absolute atomic E-state index is 15.8. The van der Waals surface area contributed by atoms with Crippen LogP contribution in [-0.4, -0.2) is 44.0 Å². The highest BCUT2D eigenvalue weighted by Gasteiger charge is 2.53. The van der Waals surface area contributed by atoms with Crippen molar-refractivity contribution >= 4 is 22.7 Å². The van der Waals surface area contributed by atoms with Gasteiger partial charge in [-0.15, -0.1) is 0 Å². The maximum atomic E-state index is 15.8. The molecule has 2 heterocycles. The molecule has 5 rings (SSSR count). The van der Waals surface area contributed by atoms with E-state index in [1.807, 2.05) is 24.3 Å². The molecule has 8 heteroatoms. The Morgan fingerprint density at radius 3 is 2.24 bits per heavy atom. The largest absolute Gasteiger partial charge is 0.497 e. The van der Waals surface area contributed by atoms with Gasteiger partial charge in [-0.1, -0.05) is 36.4 Å². The molecular weight excluding hydrogens is 477 g/mol. The molecule has 0 radical (unpaired) electrons. The number of fused-ring (bicyclic) bond motifs is 1. The normalized spacial score (nSPS) is 20.9. The molecule has 0 amide bonds. The summed E-state index contributed by atoms with van der Waals surface area (Å²) in [5, 5.41) is 1.75. The third-order valence-electron chi connectivity index (χ3n) is 6.21. The number of hydrogen-bond acceptors (Lipinski definition) is 6. The van der Waals surface area contributed by atoms with Gasteiger partial charge in [-0.05, 0) is 47.9 Å². The van der Waals surface area contributed by atoms with Gasteiger partial charge in [-0.25, -0.2) is 14.0 Å². The van der Waals surface area contributed by atoms with Crippen molar-refractivity contribution < 1.29 is 37.5 Å². The molecule has 3 aromatic carbocycles. The smallest absolute Gasteiger partial charge is 0.338 e. The van der Waals surface area contributed by atoms with Crippen molar-refractivity contribution in [3.8, 4) is 5.75 Å². The lowest BCUT2D eigenvalue weighted by Crippen LogP contribution is -2.44. The molecule has 1 fully saturated rings. The Kier molecular flexibility index (Phi) is 7.09. The number of halogens is 1. The van der Waals surface area contributed by atoms with Crippen molar-refractivity contribution in [3.63, 3.8) is 0 Å². The number of carbonyl (C=O) groups is 2. The monoisotopic (exact) mass is 502 g/mol. The molecule has 0 bridgehead atoms. The topological polar surface area (TPSA) is 74.9 Å². The summed E-state index contributed by atoms with van der Waals surface area (Å²) in [6, 6.07) is 24.1. The standard InChI is InChI=1S/C29H25FNO6/c1-34-23-13-12-22-17-31(15-14-21(22)16-23)27-25(30)26(37-29(33)20-10-6-3-7-11-20)24(36-27)18-35-28(32)19-8-4-2-5-9-19/h2-17,24-27H,18H2,1H3/q+1/t24-,25+,26-,27+/m1/s1. The second-order valence-electron chi connectivity index (χ2n) is 8.60. The summed E-state index contributed by atoms with van der Waals surface area (Å²) < 4.78 is 39.7. The van der Waals surface area contributed by atoms with Gasteiger partial charge >= 0.3 is 11.9 Å². The van der Waals surface area contributed by atoms with Crippen molar-refractivity contribution in [1.82, 2.24) is 0 Å². The van der Waals surface area contributed by atoms with Gasteiger partial charge in [0.1, 0.15) is 18.5 Å². The van der Waals surface area contributed by atoms with Crippen LogP contribution < -0.4 is 9.30 Å². The molecule has 0 spiro atoms. The van der Waals surface area contributed by atoms with E-state index in [0.29, 0.717) is 11.3 Å². The highest BCUT2D eigenvalue weighted by atomic mass is 19.1. The quantitative estimate of drug-likeness (QED) is 0.275. The first-order valence-corrected chi connectivity index (χ1v) is 11.8. The number of carbonyl (C=O) groups excluding carboxylic acids is 2. The van der Waals surface area contributed by atoms with Crippen LogP contribution in [0.1, 0.15) is 26.9 Å². The highest BCUT2D eigenvalue weighted by Crippen LogP contribution is 2.32. The third-order valence-corrected chi connectivity index (χ3v) is 6.21. The van der Waals surface area contributed by atoms with Gasteiger partial charge in [0.2, 0.25) is 6.17 Å². The van der Waals surface area contributed by atoms with Crippen LogP contribution in [0.2, 0.25) is 0 Å². The van der Waals surface area contributed by atoms with E-state index in [0.717, 1.165) is 10.8 Å². The van der Waals surface area contributed by atoms with Gasteiger partial charge in [-0.2, -0.15) is 4.57 Å². The number of hydrogen-bond donors (Lipinski definition) is 0. The summed E-state index contributed by atoms with van der Waals surface area (Å²) in [4.78, 5) is 25.2. The van der Waals surface area contributed by atoms with Crippen LogP contribution >= 0.6 is 0 Å². The van der Waals surface area contributed by atoms with Crippen molar-refractivity contribution in [1.29, 1.82) is 0 Å². The fraction of sp³-hybridized carbons (Fsp3) is 0.207. The van der Waals surface area contributed by atoms with Crippen LogP contribution in [0.25, 0.3) is 10.8 Å². The van der Waals surface area contributed by atoms with Crippen LogP contribution in [0.5, 0.6) is 5.75 Å². The first kappa shape index (κ1) is 24.4. The average Bonchev–Trinajstić information content (AvgIpc) is 3.26. The molecule has 37 heavy (non-hydrogen) atoms. The molecule has 1 aliphatic rings. The van der Waals surface area contributed by atoms with Crippen molar-refractivity contribution in [2.24, 2.45) is 0 Å². The van der Waals surface area contributed by atoms with Crippen LogP contribution in [0.15, 0.2) is 97.3 Å². The lowest BCUT2D eigenvalue weighted by atomic mass is 10.1. The van der Waals surface area contributed by atoms with Crippen LogP contribution in [0, 0.1) is 0 Å². The molecule has 188 valence electrons. The summed E-state index contributed by atoms with van der Waals surface area (Å²) in [5.41, 5.74) is 0.636. The Morgan fingerprint density at radius 1 is 0.892 bits per heavy atom. The van der Waals surface area contributed by atoms with Gasteiger partial charge in [0.25, 0.3) is 6.23 Å². The molecule has 4 atom stereocenters. The number of methoxy groups -OCH3 is 1. The second kappa shape index (κ2) is 10.8. The number of nitrogens with zero attached hydrogens (tertiary/aromatic N) is 1. The minimum Gasteiger partial charge on any atom is -0.497 e. The van der Waals surface area contributed by atoms with Crippen molar-refractivity contribution in [2.45, 2.75) is 24.6 Å². The summed E-state index contributed by atoms with van der Waals surface area (Å²) in [7, 11) is 1.59. The fourth-order valence-electron chi connectivity index (χ4n) is 4.26. The molecule has 7 nitrogen and oxygen atoms in total. The zero-order valence-corrected chi connectivity index (χ0v) is 20.0. The van der Waals surface area contributed by atoms with E-state index in [9.17, 15) is 9.59 Å². The van der Waals surface area contributed by atoms with Gasteiger partial charge in [0, 0.05) is 11.5 Å². The maximum Gasteiger partial charge on any atom is 0.338 e. The first-order valence-electron chi connectivity index (χ1n) is 11.8. The van der Waals surface area contributed by atoms with Crippen molar-refractivity contribution in [3.05, 3.63) is 108 Å². The zero-order chi connectivity index (χ0) is 25.8. The van der Waals surface area contributed by atoms with E-state index >= 15 is 4.39 Å². The highest BCUT2D eigenvalue weighted by molar-refractivity contribution is 5.90. The average molecular weight is 503 g/mol. The SMILES string of the molecule is COc1ccc2c[n+]([C@H]3O[C@H](COC(=O)c4ccccc4)[C@@H](OC(=O)c4ccccc4)[C@@H]3F)ccc2c1. The number of pyridine rings is 1. The zero-order valence-electron chi connectivity index (χ0n) is 20.0. The Labute approximate surface area is 213 Å². The van der Waals surface area contributed by atoms with Crippen LogP contribution in [-0.2, 0) is 14.2 Å². The van der Waals surface area contributed by atoms with Gasteiger partial charge in [0.05, 0.1) is 18.2 Å². The van der Waals surface area contributed by atoms with E-state index in [1.165, 1.54) is 0 Å². The molecule has 0 aliphatic carbocycles. The number of benzene rings is 3. The third kappa shape index (κ3) is 5.29. The molecule has 0 N–H and O–H groups in total.